The van der Waals surface area contributed by atoms with Crippen LogP contribution in [0.1, 0.15) is 19.3 Å². The summed E-state index contributed by atoms with van der Waals surface area (Å²) in [4.78, 5) is 0. The average molecular weight is 132 g/mol. The van der Waals surface area contributed by atoms with Crippen molar-refractivity contribution in [2.75, 3.05) is 0 Å². The van der Waals surface area contributed by atoms with Gasteiger partial charge in [0.2, 0.25) is 0 Å². The molecular formula is C10H12. The van der Waals surface area contributed by atoms with Crippen LogP contribution in [0.25, 0.3) is 0 Å². The van der Waals surface area contributed by atoms with Crippen molar-refractivity contribution >= 4 is 0 Å². The third-order valence-electron chi connectivity index (χ3n) is 3.44. The lowest BCUT2D eigenvalue weighted by Gasteiger charge is -2.18. The summed E-state index contributed by atoms with van der Waals surface area (Å²) in [5.41, 5.74) is 1.76. The Morgan fingerprint density at radius 3 is 3.20 bits per heavy atom. The van der Waals surface area contributed by atoms with Gasteiger partial charge in [-0.25, -0.2) is 0 Å². The second-order valence-electron chi connectivity index (χ2n) is 3.85. The second-order valence-corrected chi connectivity index (χ2v) is 3.85. The zero-order valence-electron chi connectivity index (χ0n) is 6.09. The number of hydrogen-bond donors (Lipinski definition) is 0. The van der Waals surface area contributed by atoms with Gasteiger partial charge in [0.05, 0.1) is 0 Å². The Balaban J connectivity index is 2.08. The van der Waals surface area contributed by atoms with Gasteiger partial charge < -0.3 is 0 Å². The van der Waals surface area contributed by atoms with Crippen LogP contribution in [-0.4, -0.2) is 0 Å². The summed E-state index contributed by atoms with van der Waals surface area (Å²) in [6.07, 6.45) is 11.5. The summed E-state index contributed by atoms with van der Waals surface area (Å²) in [6, 6.07) is 0. The van der Waals surface area contributed by atoms with Gasteiger partial charge in [-0.2, -0.15) is 0 Å². The molecule has 52 valence electrons. The molecule has 0 radical (unpaired) electrons. The Kier molecular flexibility index (Phi) is 0.803. The molecule has 3 atom stereocenters. The van der Waals surface area contributed by atoms with E-state index in [1.807, 2.05) is 0 Å². The Morgan fingerprint density at radius 2 is 2.30 bits per heavy atom. The van der Waals surface area contributed by atoms with E-state index in [1.54, 1.807) is 5.57 Å². The summed E-state index contributed by atoms with van der Waals surface area (Å²) < 4.78 is 0. The lowest BCUT2D eigenvalue weighted by atomic mass is 9.87. The topological polar surface area (TPSA) is 0 Å². The van der Waals surface area contributed by atoms with Gasteiger partial charge in [0.1, 0.15) is 0 Å². The van der Waals surface area contributed by atoms with Crippen LogP contribution in [0.15, 0.2) is 23.8 Å². The zero-order chi connectivity index (χ0) is 6.55. The van der Waals surface area contributed by atoms with Crippen LogP contribution in [-0.2, 0) is 0 Å². The summed E-state index contributed by atoms with van der Waals surface area (Å²) in [5, 5.41) is 0. The minimum Gasteiger partial charge on any atom is -0.0770 e. The standard InChI is InChI=1S/C10H12/c1-2-9-7-4-5-8(6-7)10(9)3-1/h1-3,7-9H,4-6H2/t7-,8+,9?/m1/s1. The molecule has 10 heavy (non-hydrogen) atoms. The molecule has 1 unspecified atom stereocenters. The molecular weight excluding hydrogens is 120 g/mol. The molecule has 0 heterocycles. The highest BCUT2D eigenvalue weighted by Gasteiger charge is 2.42. The monoisotopic (exact) mass is 132 g/mol. The fraction of sp³-hybridized carbons (Fsp3) is 0.600. The number of fused-ring (bicyclic) bond motifs is 5. The van der Waals surface area contributed by atoms with E-state index in [0.717, 1.165) is 17.8 Å². The largest absolute Gasteiger partial charge is 0.0770 e. The van der Waals surface area contributed by atoms with E-state index < -0.39 is 0 Å². The van der Waals surface area contributed by atoms with Crippen LogP contribution in [0.3, 0.4) is 0 Å². The number of hydrogen-bond acceptors (Lipinski definition) is 0. The molecule has 3 aliphatic carbocycles. The molecule has 0 heteroatoms. The average Bonchev–Trinajstić information content (AvgIpc) is 2.60. The van der Waals surface area contributed by atoms with Gasteiger partial charge in [0.15, 0.2) is 0 Å². The normalized spacial score (nSPS) is 48.0. The van der Waals surface area contributed by atoms with E-state index in [-0.39, 0.29) is 0 Å². The molecule has 0 aromatic heterocycles. The molecule has 0 amide bonds. The molecule has 0 N–H and O–H groups in total. The highest BCUT2D eigenvalue weighted by atomic mass is 14.5. The third-order valence-corrected chi connectivity index (χ3v) is 3.44. The van der Waals surface area contributed by atoms with Crippen molar-refractivity contribution in [2.45, 2.75) is 19.3 Å². The predicted octanol–water partition coefficient (Wildman–Crippen LogP) is 2.53. The van der Waals surface area contributed by atoms with E-state index >= 15 is 0 Å². The van der Waals surface area contributed by atoms with E-state index in [0.29, 0.717) is 0 Å². The van der Waals surface area contributed by atoms with E-state index in [4.69, 9.17) is 0 Å². The van der Waals surface area contributed by atoms with Crippen LogP contribution < -0.4 is 0 Å². The second kappa shape index (κ2) is 1.55. The van der Waals surface area contributed by atoms with Crippen molar-refractivity contribution in [3.8, 4) is 0 Å². The SMILES string of the molecule is C1=CC2C(=C1)[C@H]1CC[C@@H]2C1. The molecule has 2 saturated carbocycles. The lowest BCUT2D eigenvalue weighted by molar-refractivity contribution is 0.476. The fourth-order valence-corrected chi connectivity index (χ4v) is 2.99. The van der Waals surface area contributed by atoms with Gasteiger partial charge in [0.25, 0.3) is 0 Å². The summed E-state index contributed by atoms with van der Waals surface area (Å²) >= 11 is 0. The van der Waals surface area contributed by atoms with Crippen molar-refractivity contribution < 1.29 is 0 Å². The Bertz CT molecular complexity index is 222. The summed E-state index contributed by atoms with van der Waals surface area (Å²) in [5.74, 6) is 2.92. The zero-order valence-corrected chi connectivity index (χ0v) is 6.09. The van der Waals surface area contributed by atoms with Gasteiger partial charge in [-0.05, 0) is 31.1 Å². The maximum absolute atomic E-state index is 2.40. The first-order valence-corrected chi connectivity index (χ1v) is 4.33. The van der Waals surface area contributed by atoms with E-state index in [2.05, 4.69) is 18.2 Å². The third kappa shape index (κ3) is 0.448. The molecule has 0 aromatic carbocycles. The van der Waals surface area contributed by atoms with Crippen LogP contribution >= 0.6 is 0 Å². The maximum Gasteiger partial charge on any atom is 0.00143 e. The van der Waals surface area contributed by atoms with Gasteiger partial charge in [-0.15, -0.1) is 0 Å². The Morgan fingerprint density at radius 1 is 1.30 bits per heavy atom. The van der Waals surface area contributed by atoms with Gasteiger partial charge in [-0.3, -0.25) is 0 Å². The van der Waals surface area contributed by atoms with Crippen LogP contribution in [0.2, 0.25) is 0 Å². The van der Waals surface area contributed by atoms with E-state index in [1.165, 1.54) is 19.3 Å². The maximum atomic E-state index is 2.40. The quantitative estimate of drug-likeness (QED) is 0.475. The molecule has 2 bridgehead atoms. The molecule has 3 aliphatic rings. The van der Waals surface area contributed by atoms with Gasteiger partial charge >= 0.3 is 0 Å². The van der Waals surface area contributed by atoms with Gasteiger partial charge in [-0.1, -0.05) is 23.8 Å². The van der Waals surface area contributed by atoms with Crippen LogP contribution in [0.4, 0.5) is 0 Å². The van der Waals surface area contributed by atoms with Crippen molar-refractivity contribution in [3.05, 3.63) is 23.8 Å². The highest BCUT2D eigenvalue weighted by Crippen LogP contribution is 2.53. The van der Waals surface area contributed by atoms with Crippen molar-refractivity contribution in [2.24, 2.45) is 17.8 Å². The fourth-order valence-electron chi connectivity index (χ4n) is 2.99. The first kappa shape index (κ1) is 5.17. The van der Waals surface area contributed by atoms with Crippen LogP contribution in [0.5, 0.6) is 0 Å². The highest BCUT2D eigenvalue weighted by molar-refractivity contribution is 5.35. The first-order chi connectivity index (χ1) is 4.95. The minimum atomic E-state index is 0.888. The summed E-state index contributed by atoms with van der Waals surface area (Å²) in [6.45, 7) is 0. The molecule has 0 aromatic rings. The smallest absolute Gasteiger partial charge is 0.00143 e. The number of allylic oxidation sites excluding steroid dienone is 4. The summed E-state index contributed by atoms with van der Waals surface area (Å²) in [7, 11) is 0. The van der Waals surface area contributed by atoms with Crippen molar-refractivity contribution in [1.29, 1.82) is 0 Å². The molecule has 0 aliphatic heterocycles. The minimum absolute atomic E-state index is 0.888. The lowest BCUT2D eigenvalue weighted by Crippen LogP contribution is -2.08. The molecule has 2 fully saturated rings. The van der Waals surface area contributed by atoms with Crippen molar-refractivity contribution in [1.82, 2.24) is 0 Å². The Hall–Kier alpha value is -0.520. The molecule has 3 rings (SSSR count). The molecule has 0 saturated heterocycles. The Labute approximate surface area is 61.6 Å². The number of rotatable bonds is 0. The van der Waals surface area contributed by atoms with Crippen LogP contribution in [0, 0.1) is 17.8 Å². The predicted molar refractivity (Wildman–Crippen MR) is 41.5 cm³/mol. The molecule has 0 nitrogen and oxygen atoms in total. The van der Waals surface area contributed by atoms with E-state index in [9.17, 15) is 0 Å². The van der Waals surface area contributed by atoms with Crippen molar-refractivity contribution in [3.63, 3.8) is 0 Å². The first-order valence-electron chi connectivity index (χ1n) is 4.33. The van der Waals surface area contributed by atoms with Gasteiger partial charge in [0, 0.05) is 5.92 Å². The molecule has 0 spiro atoms.